The van der Waals surface area contributed by atoms with Crippen LogP contribution in [-0.2, 0) is 4.43 Å². The van der Waals surface area contributed by atoms with Crippen LogP contribution < -0.4 is 0 Å². The number of allylic oxidation sites excluding steroid dienone is 1. The highest BCUT2D eigenvalue weighted by Crippen LogP contribution is 2.07. The first-order valence-corrected chi connectivity index (χ1v) is 8.23. The molecular weight excluding hydrogens is 176 g/mol. The molecule has 0 bridgehead atoms. The van der Waals surface area contributed by atoms with E-state index in [-0.39, 0.29) is 0 Å². The highest BCUT2D eigenvalue weighted by Gasteiger charge is 2.15. The molecular formula is C11H20OSi. The van der Waals surface area contributed by atoms with E-state index < -0.39 is 8.32 Å². The molecule has 0 rings (SSSR count). The molecule has 0 atom stereocenters. The molecule has 0 unspecified atom stereocenters. The Morgan fingerprint density at radius 2 is 2.00 bits per heavy atom. The first kappa shape index (κ1) is 12.3. The summed E-state index contributed by atoms with van der Waals surface area (Å²) in [6, 6.07) is 0. The van der Waals surface area contributed by atoms with E-state index in [2.05, 4.69) is 45.0 Å². The van der Waals surface area contributed by atoms with Crippen molar-refractivity contribution in [1.29, 1.82) is 0 Å². The van der Waals surface area contributed by atoms with Gasteiger partial charge < -0.3 is 4.43 Å². The summed E-state index contributed by atoms with van der Waals surface area (Å²) in [5.41, 5.74) is 0. The number of hydrogen-bond acceptors (Lipinski definition) is 1. The molecule has 0 amide bonds. The average Bonchev–Trinajstić information content (AvgIpc) is 1.94. The van der Waals surface area contributed by atoms with Crippen LogP contribution in [0, 0.1) is 11.8 Å². The third-order valence-corrected chi connectivity index (χ3v) is 2.17. The van der Waals surface area contributed by atoms with Crippen molar-refractivity contribution in [3.63, 3.8) is 0 Å². The van der Waals surface area contributed by atoms with Crippen LogP contribution in [0.5, 0.6) is 0 Å². The Labute approximate surface area is 83.3 Å². The van der Waals surface area contributed by atoms with Crippen LogP contribution in [0.25, 0.3) is 0 Å². The van der Waals surface area contributed by atoms with Crippen LogP contribution in [-0.4, -0.2) is 8.32 Å². The highest BCUT2D eigenvalue weighted by atomic mass is 28.4. The van der Waals surface area contributed by atoms with E-state index in [9.17, 15) is 0 Å². The average molecular weight is 196 g/mol. The lowest BCUT2D eigenvalue weighted by molar-refractivity contribution is 0.449. The second kappa shape index (κ2) is 5.88. The number of unbranched alkanes of at least 4 members (excludes halogenated alkanes) is 2. The van der Waals surface area contributed by atoms with Crippen LogP contribution >= 0.6 is 0 Å². The van der Waals surface area contributed by atoms with Gasteiger partial charge in [0.05, 0.1) is 0 Å². The molecule has 0 aromatic carbocycles. The minimum absolute atomic E-state index is 0.635. The van der Waals surface area contributed by atoms with Gasteiger partial charge in [-0.2, -0.15) is 0 Å². The molecule has 0 radical (unpaired) electrons. The topological polar surface area (TPSA) is 9.23 Å². The molecule has 13 heavy (non-hydrogen) atoms. The van der Waals surface area contributed by atoms with Gasteiger partial charge in [-0.05, 0) is 38.6 Å². The Morgan fingerprint density at radius 3 is 2.46 bits per heavy atom. The second-order valence-electron chi connectivity index (χ2n) is 4.04. The SMILES string of the molecule is C=C(C#CCCCC)O[Si](C)(C)C. The maximum absolute atomic E-state index is 5.59. The van der Waals surface area contributed by atoms with Crippen molar-refractivity contribution in [3.05, 3.63) is 12.3 Å². The van der Waals surface area contributed by atoms with Crippen molar-refractivity contribution < 1.29 is 4.43 Å². The van der Waals surface area contributed by atoms with Crippen molar-refractivity contribution in [2.24, 2.45) is 0 Å². The van der Waals surface area contributed by atoms with E-state index in [1.807, 2.05) is 0 Å². The largest absolute Gasteiger partial charge is 0.539 e. The van der Waals surface area contributed by atoms with Crippen molar-refractivity contribution in [1.82, 2.24) is 0 Å². The zero-order chi connectivity index (χ0) is 10.3. The summed E-state index contributed by atoms with van der Waals surface area (Å²) in [5, 5.41) is 0. The van der Waals surface area contributed by atoms with Crippen LogP contribution in [0.15, 0.2) is 12.3 Å². The molecule has 0 fully saturated rings. The molecule has 0 aliphatic rings. The van der Waals surface area contributed by atoms with Crippen LogP contribution in [0.2, 0.25) is 19.6 Å². The fourth-order valence-corrected chi connectivity index (χ4v) is 1.61. The molecule has 0 N–H and O–H groups in total. The highest BCUT2D eigenvalue weighted by molar-refractivity contribution is 6.70. The van der Waals surface area contributed by atoms with Crippen molar-refractivity contribution in [2.45, 2.75) is 45.8 Å². The van der Waals surface area contributed by atoms with Gasteiger partial charge in [0.2, 0.25) is 8.32 Å². The molecule has 0 aliphatic heterocycles. The molecule has 2 heteroatoms. The van der Waals surface area contributed by atoms with Gasteiger partial charge in [-0.15, -0.1) is 0 Å². The van der Waals surface area contributed by atoms with E-state index >= 15 is 0 Å². The molecule has 0 aromatic rings. The molecule has 0 spiro atoms. The molecule has 1 nitrogen and oxygen atoms in total. The Hall–Kier alpha value is -0.683. The first-order valence-electron chi connectivity index (χ1n) is 4.82. The first-order chi connectivity index (χ1) is 5.95. The quantitative estimate of drug-likeness (QED) is 0.289. The summed E-state index contributed by atoms with van der Waals surface area (Å²) in [4.78, 5) is 0. The summed E-state index contributed by atoms with van der Waals surface area (Å²) in [6.07, 6.45) is 3.30. The maximum Gasteiger partial charge on any atom is 0.243 e. The minimum atomic E-state index is -1.49. The summed E-state index contributed by atoms with van der Waals surface area (Å²) in [5.74, 6) is 6.63. The zero-order valence-electron chi connectivity index (χ0n) is 9.24. The van der Waals surface area contributed by atoms with Crippen LogP contribution in [0.1, 0.15) is 26.2 Å². The van der Waals surface area contributed by atoms with Crippen LogP contribution in [0.4, 0.5) is 0 Å². The predicted octanol–water partition coefficient (Wildman–Crippen LogP) is 3.55. The molecule has 0 heterocycles. The Morgan fingerprint density at radius 1 is 1.38 bits per heavy atom. The molecule has 0 aliphatic carbocycles. The Bertz CT molecular complexity index is 214. The normalized spacial score (nSPS) is 10.2. The summed E-state index contributed by atoms with van der Waals surface area (Å²) in [7, 11) is -1.49. The van der Waals surface area contributed by atoms with E-state index in [0.29, 0.717) is 5.76 Å². The van der Waals surface area contributed by atoms with E-state index in [0.717, 1.165) is 12.8 Å². The van der Waals surface area contributed by atoms with E-state index in [1.54, 1.807) is 0 Å². The summed E-state index contributed by atoms with van der Waals surface area (Å²) >= 11 is 0. The third-order valence-electron chi connectivity index (χ3n) is 1.31. The molecule has 0 aromatic heterocycles. The maximum atomic E-state index is 5.59. The second-order valence-corrected chi connectivity index (χ2v) is 8.47. The van der Waals surface area contributed by atoms with Gasteiger partial charge in [0.15, 0.2) is 0 Å². The fraction of sp³-hybridized carbons (Fsp3) is 0.636. The van der Waals surface area contributed by atoms with Gasteiger partial charge in [-0.25, -0.2) is 0 Å². The van der Waals surface area contributed by atoms with E-state index in [1.165, 1.54) is 6.42 Å². The lowest BCUT2D eigenvalue weighted by Crippen LogP contribution is -2.24. The lowest BCUT2D eigenvalue weighted by atomic mass is 10.2. The minimum Gasteiger partial charge on any atom is -0.539 e. The number of hydrogen-bond donors (Lipinski definition) is 0. The zero-order valence-corrected chi connectivity index (χ0v) is 10.2. The molecule has 74 valence electrons. The summed E-state index contributed by atoms with van der Waals surface area (Å²) < 4.78 is 5.59. The van der Waals surface area contributed by atoms with Gasteiger partial charge in [-0.3, -0.25) is 0 Å². The monoisotopic (exact) mass is 196 g/mol. The predicted molar refractivity (Wildman–Crippen MR) is 60.9 cm³/mol. The van der Waals surface area contributed by atoms with Crippen molar-refractivity contribution in [3.8, 4) is 11.8 Å². The Kier molecular flexibility index (Phi) is 5.57. The summed E-state index contributed by atoms with van der Waals surface area (Å²) in [6.45, 7) is 12.3. The van der Waals surface area contributed by atoms with E-state index in [4.69, 9.17) is 4.43 Å². The standard InChI is InChI=1S/C11H20OSi/c1-6-7-8-9-10-11(2)12-13(3,4)5/h2,6-8H2,1,3-5H3. The lowest BCUT2D eigenvalue weighted by Gasteiger charge is -2.17. The fourth-order valence-electron chi connectivity index (χ4n) is 0.821. The van der Waals surface area contributed by atoms with Crippen molar-refractivity contribution >= 4 is 8.32 Å². The van der Waals surface area contributed by atoms with Crippen LogP contribution in [0.3, 0.4) is 0 Å². The Balaban J connectivity index is 3.78. The van der Waals surface area contributed by atoms with Gasteiger partial charge in [0, 0.05) is 6.42 Å². The van der Waals surface area contributed by atoms with Gasteiger partial charge in [0.25, 0.3) is 0 Å². The van der Waals surface area contributed by atoms with Crippen molar-refractivity contribution in [2.75, 3.05) is 0 Å². The van der Waals surface area contributed by atoms with Gasteiger partial charge in [0.1, 0.15) is 5.76 Å². The third kappa shape index (κ3) is 9.23. The molecule has 0 saturated carbocycles. The smallest absolute Gasteiger partial charge is 0.243 e. The number of rotatable bonds is 4. The molecule has 0 saturated heterocycles. The van der Waals surface area contributed by atoms with Gasteiger partial charge >= 0.3 is 0 Å². The van der Waals surface area contributed by atoms with Gasteiger partial charge in [-0.1, -0.05) is 19.3 Å².